The molecule has 13 heavy (non-hydrogen) atoms. The van der Waals surface area contributed by atoms with Gasteiger partial charge in [0.15, 0.2) is 0 Å². The molecule has 0 radical (unpaired) electrons. The number of hydrazine groups is 1. The number of allylic oxidation sites excluding steroid dienone is 3. The second-order valence-electron chi connectivity index (χ2n) is 3.07. The highest BCUT2D eigenvalue weighted by Gasteiger charge is 1.92. The van der Waals surface area contributed by atoms with E-state index >= 15 is 0 Å². The van der Waals surface area contributed by atoms with E-state index in [9.17, 15) is 0 Å². The number of nitrogens with zero attached hydrogens (tertiary/aromatic N) is 1. The normalized spacial score (nSPS) is 11.3. The third-order valence-electron chi connectivity index (χ3n) is 1.76. The minimum atomic E-state index is 0.989. The van der Waals surface area contributed by atoms with Gasteiger partial charge in [0.25, 0.3) is 0 Å². The molecule has 0 amide bonds. The number of rotatable bonds is 8. The molecular weight excluding hydrogens is 160 g/mol. The van der Waals surface area contributed by atoms with Crippen molar-refractivity contribution < 1.29 is 0 Å². The fraction of sp³-hybridized carbons (Fsp3) is 0.636. The van der Waals surface area contributed by atoms with E-state index in [1.807, 2.05) is 6.08 Å². The average Bonchev–Trinajstić information content (AvgIpc) is 2.11. The maximum atomic E-state index is 3.66. The first-order chi connectivity index (χ1) is 6.31. The SMILES string of the molecule is C=CCC=CCCCN(C)NCC. The highest BCUT2D eigenvalue weighted by Crippen LogP contribution is 1.94. The van der Waals surface area contributed by atoms with E-state index in [-0.39, 0.29) is 0 Å². The Kier molecular flexibility index (Phi) is 9.05. The summed E-state index contributed by atoms with van der Waals surface area (Å²) in [5, 5.41) is 2.14. The summed E-state index contributed by atoms with van der Waals surface area (Å²) in [5.41, 5.74) is 3.24. The maximum absolute atomic E-state index is 3.66. The standard InChI is InChI=1S/C11H22N2/c1-4-6-7-8-9-10-11-13(3)12-5-2/h4,7-8,12H,1,5-6,9-11H2,2-3H3. The second kappa shape index (κ2) is 9.49. The lowest BCUT2D eigenvalue weighted by Crippen LogP contribution is -2.34. The van der Waals surface area contributed by atoms with E-state index in [2.05, 4.69) is 43.1 Å². The summed E-state index contributed by atoms with van der Waals surface area (Å²) in [4.78, 5) is 0. The van der Waals surface area contributed by atoms with Crippen LogP contribution in [-0.2, 0) is 0 Å². The minimum absolute atomic E-state index is 0.989. The molecular formula is C11H22N2. The van der Waals surface area contributed by atoms with Crippen molar-refractivity contribution in [1.82, 2.24) is 10.4 Å². The van der Waals surface area contributed by atoms with Crippen LogP contribution >= 0.6 is 0 Å². The van der Waals surface area contributed by atoms with E-state index in [0.717, 1.165) is 25.9 Å². The van der Waals surface area contributed by atoms with Crippen molar-refractivity contribution in [3.8, 4) is 0 Å². The van der Waals surface area contributed by atoms with Crippen molar-refractivity contribution in [1.29, 1.82) is 0 Å². The topological polar surface area (TPSA) is 15.3 Å². The summed E-state index contributed by atoms with van der Waals surface area (Å²) >= 11 is 0. The smallest absolute Gasteiger partial charge is 0.0130 e. The molecule has 76 valence electrons. The van der Waals surface area contributed by atoms with Crippen molar-refractivity contribution in [2.75, 3.05) is 20.1 Å². The molecule has 0 atom stereocenters. The summed E-state index contributed by atoms with van der Waals surface area (Å²) in [7, 11) is 2.08. The van der Waals surface area contributed by atoms with Crippen LogP contribution in [0.5, 0.6) is 0 Å². The van der Waals surface area contributed by atoms with E-state index in [1.165, 1.54) is 6.42 Å². The highest BCUT2D eigenvalue weighted by atomic mass is 15.5. The molecule has 0 saturated carbocycles. The predicted octanol–water partition coefficient (Wildman–Crippen LogP) is 2.36. The van der Waals surface area contributed by atoms with E-state index in [0.29, 0.717) is 0 Å². The summed E-state index contributed by atoms with van der Waals surface area (Å²) in [5.74, 6) is 0. The van der Waals surface area contributed by atoms with Crippen molar-refractivity contribution in [2.24, 2.45) is 0 Å². The molecule has 0 aliphatic carbocycles. The van der Waals surface area contributed by atoms with Gasteiger partial charge in [-0.3, -0.25) is 5.43 Å². The molecule has 0 unspecified atom stereocenters. The summed E-state index contributed by atoms with van der Waals surface area (Å²) in [6.45, 7) is 7.88. The van der Waals surface area contributed by atoms with Crippen LogP contribution in [0.3, 0.4) is 0 Å². The Labute approximate surface area is 82.3 Å². The van der Waals surface area contributed by atoms with Gasteiger partial charge in [0.2, 0.25) is 0 Å². The van der Waals surface area contributed by atoms with Crippen LogP contribution in [0.1, 0.15) is 26.2 Å². The number of nitrogens with one attached hydrogen (secondary N) is 1. The zero-order valence-corrected chi connectivity index (χ0v) is 8.92. The maximum Gasteiger partial charge on any atom is 0.0130 e. The molecule has 0 fully saturated rings. The second-order valence-corrected chi connectivity index (χ2v) is 3.07. The van der Waals surface area contributed by atoms with Gasteiger partial charge in [-0.15, -0.1) is 6.58 Å². The Bertz CT molecular complexity index is 141. The molecule has 0 saturated heterocycles. The summed E-state index contributed by atoms with van der Waals surface area (Å²) in [6, 6.07) is 0. The molecule has 0 aliphatic heterocycles. The molecule has 0 aromatic carbocycles. The summed E-state index contributed by atoms with van der Waals surface area (Å²) in [6.07, 6.45) is 9.66. The van der Waals surface area contributed by atoms with Gasteiger partial charge in [0.05, 0.1) is 0 Å². The lowest BCUT2D eigenvalue weighted by atomic mass is 10.2. The fourth-order valence-electron chi connectivity index (χ4n) is 1.11. The molecule has 0 heterocycles. The van der Waals surface area contributed by atoms with E-state index in [4.69, 9.17) is 0 Å². The largest absolute Gasteiger partial charge is 0.256 e. The lowest BCUT2D eigenvalue weighted by molar-refractivity contribution is 0.239. The van der Waals surface area contributed by atoms with Crippen LogP contribution in [0.25, 0.3) is 0 Å². The third kappa shape index (κ3) is 9.31. The first-order valence-electron chi connectivity index (χ1n) is 5.01. The molecule has 1 N–H and O–H groups in total. The lowest BCUT2D eigenvalue weighted by Gasteiger charge is -2.15. The van der Waals surface area contributed by atoms with Gasteiger partial charge in [-0.2, -0.15) is 0 Å². The van der Waals surface area contributed by atoms with Crippen LogP contribution in [0.15, 0.2) is 24.8 Å². The monoisotopic (exact) mass is 182 g/mol. The molecule has 2 nitrogen and oxygen atoms in total. The highest BCUT2D eigenvalue weighted by molar-refractivity contribution is 4.88. The molecule has 0 rings (SSSR count). The van der Waals surface area contributed by atoms with Crippen LogP contribution in [0.4, 0.5) is 0 Å². The Morgan fingerprint density at radius 2 is 2.15 bits per heavy atom. The molecule has 0 aliphatic rings. The van der Waals surface area contributed by atoms with Gasteiger partial charge >= 0.3 is 0 Å². The molecule has 0 aromatic rings. The van der Waals surface area contributed by atoms with Crippen molar-refractivity contribution in [3.63, 3.8) is 0 Å². The Morgan fingerprint density at radius 1 is 1.38 bits per heavy atom. The number of unbranched alkanes of at least 4 members (excludes halogenated alkanes) is 1. The number of hydrogen-bond acceptors (Lipinski definition) is 2. The molecule has 2 heteroatoms. The first-order valence-corrected chi connectivity index (χ1v) is 5.01. The predicted molar refractivity (Wildman–Crippen MR) is 59.5 cm³/mol. The zero-order chi connectivity index (χ0) is 9.94. The number of hydrogen-bond donors (Lipinski definition) is 1. The van der Waals surface area contributed by atoms with Gasteiger partial charge in [-0.1, -0.05) is 25.2 Å². The zero-order valence-electron chi connectivity index (χ0n) is 8.92. The fourth-order valence-corrected chi connectivity index (χ4v) is 1.11. The third-order valence-corrected chi connectivity index (χ3v) is 1.76. The van der Waals surface area contributed by atoms with Gasteiger partial charge in [0.1, 0.15) is 0 Å². The average molecular weight is 182 g/mol. The van der Waals surface area contributed by atoms with Crippen molar-refractivity contribution in [3.05, 3.63) is 24.8 Å². The van der Waals surface area contributed by atoms with Crippen LogP contribution in [0.2, 0.25) is 0 Å². The Hall–Kier alpha value is -0.600. The van der Waals surface area contributed by atoms with Crippen LogP contribution < -0.4 is 5.43 Å². The minimum Gasteiger partial charge on any atom is -0.256 e. The molecule has 0 aromatic heterocycles. The van der Waals surface area contributed by atoms with Gasteiger partial charge in [-0.25, -0.2) is 5.01 Å². The van der Waals surface area contributed by atoms with Crippen LogP contribution in [-0.4, -0.2) is 25.1 Å². The van der Waals surface area contributed by atoms with E-state index < -0.39 is 0 Å². The first kappa shape index (κ1) is 12.4. The molecule has 0 spiro atoms. The Balaban J connectivity index is 3.19. The Morgan fingerprint density at radius 3 is 2.77 bits per heavy atom. The summed E-state index contributed by atoms with van der Waals surface area (Å²) < 4.78 is 0. The van der Waals surface area contributed by atoms with Gasteiger partial charge in [0, 0.05) is 20.1 Å². The van der Waals surface area contributed by atoms with Crippen LogP contribution in [0, 0.1) is 0 Å². The van der Waals surface area contributed by atoms with Gasteiger partial charge in [-0.05, 0) is 19.3 Å². The quantitative estimate of drug-likeness (QED) is 0.352. The van der Waals surface area contributed by atoms with Crippen molar-refractivity contribution in [2.45, 2.75) is 26.2 Å². The van der Waals surface area contributed by atoms with E-state index in [1.54, 1.807) is 0 Å². The van der Waals surface area contributed by atoms with Gasteiger partial charge < -0.3 is 0 Å². The molecule has 0 bridgehead atoms. The van der Waals surface area contributed by atoms with Crippen molar-refractivity contribution >= 4 is 0 Å².